The molecule has 1 aromatic rings. The van der Waals surface area contributed by atoms with Crippen LogP contribution in [0.5, 0.6) is 0 Å². The van der Waals surface area contributed by atoms with Gasteiger partial charge in [0.05, 0.1) is 0 Å². The van der Waals surface area contributed by atoms with Crippen molar-refractivity contribution < 1.29 is 0 Å². The van der Waals surface area contributed by atoms with E-state index in [-0.39, 0.29) is 10.8 Å². The van der Waals surface area contributed by atoms with E-state index in [0.29, 0.717) is 5.92 Å². The molecule has 0 fully saturated rings. The van der Waals surface area contributed by atoms with E-state index in [1.165, 1.54) is 11.1 Å². The van der Waals surface area contributed by atoms with Crippen LogP contribution in [-0.4, -0.2) is 5.38 Å². The molecule has 0 radical (unpaired) electrons. The highest BCUT2D eigenvalue weighted by atomic mass is 35.5. The second-order valence-electron chi connectivity index (χ2n) is 6.27. The van der Waals surface area contributed by atoms with E-state index in [2.05, 4.69) is 58.9 Å². The van der Waals surface area contributed by atoms with Gasteiger partial charge in [-0.3, -0.25) is 0 Å². The molecule has 0 aliphatic carbocycles. The Morgan fingerprint density at radius 2 is 1.59 bits per heavy atom. The lowest BCUT2D eigenvalue weighted by Crippen LogP contribution is -2.21. The Bertz CT molecular complexity index is 330. The minimum absolute atomic E-state index is 0.194. The third kappa shape index (κ3) is 4.71. The molecule has 1 aromatic carbocycles. The third-order valence-corrected chi connectivity index (χ3v) is 4.15. The van der Waals surface area contributed by atoms with E-state index in [1.807, 2.05) is 0 Å². The first-order valence-electron chi connectivity index (χ1n) is 6.53. The molecule has 1 rings (SSSR count). The monoisotopic (exact) mass is 252 g/mol. The molecule has 0 aromatic heterocycles. The normalized spacial score (nSPS) is 14.1. The standard InChI is InChI=1S/C16H25Cl/c1-12(2)14-9-6-13(7-10-14)8-11-15(17)16(3,4)5/h6-7,9-10,12,15H,8,11H2,1-5H3. The number of hydrogen-bond acceptors (Lipinski definition) is 0. The predicted octanol–water partition coefficient (Wildman–Crippen LogP) is 5.40. The van der Waals surface area contributed by atoms with Crippen LogP contribution in [0.25, 0.3) is 0 Å². The van der Waals surface area contributed by atoms with Gasteiger partial charge >= 0.3 is 0 Å². The van der Waals surface area contributed by atoms with Crippen molar-refractivity contribution in [3.63, 3.8) is 0 Å². The Labute approximate surface area is 111 Å². The number of aryl methyl sites for hydroxylation is 1. The van der Waals surface area contributed by atoms with Gasteiger partial charge in [-0.2, -0.15) is 0 Å². The summed E-state index contributed by atoms with van der Waals surface area (Å²) in [4.78, 5) is 0. The molecule has 0 spiro atoms. The van der Waals surface area contributed by atoms with Gasteiger partial charge in [0.25, 0.3) is 0 Å². The molecule has 0 nitrogen and oxygen atoms in total. The number of benzene rings is 1. The predicted molar refractivity (Wildman–Crippen MR) is 77.9 cm³/mol. The topological polar surface area (TPSA) is 0 Å². The first-order chi connectivity index (χ1) is 7.80. The van der Waals surface area contributed by atoms with Crippen LogP contribution < -0.4 is 0 Å². The van der Waals surface area contributed by atoms with Crippen molar-refractivity contribution in [3.05, 3.63) is 35.4 Å². The molecule has 1 unspecified atom stereocenters. The summed E-state index contributed by atoms with van der Waals surface area (Å²) in [7, 11) is 0. The van der Waals surface area contributed by atoms with Crippen LogP contribution in [0.4, 0.5) is 0 Å². The number of rotatable bonds is 4. The average molecular weight is 253 g/mol. The molecule has 17 heavy (non-hydrogen) atoms. The molecule has 0 amide bonds. The highest BCUT2D eigenvalue weighted by Gasteiger charge is 2.21. The van der Waals surface area contributed by atoms with Gasteiger partial charge in [0, 0.05) is 5.38 Å². The van der Waals surface area contributed by atoms with Crippen LogP contribution >= 0.6 is 11.6 Å². The summed E-state index contributed by atoms with van der Waals surface area (Å²) in [5, 5.41) is 0.243. The Morgan fingerprint density at radius 3 is 2.00 bits per heavy atom. The van der Waals surface area contributed by atoms with Crippen LogP contribution in [0, 0.1) is 5.41 Å². The second-order valence-corrected chi connectivity index (χ2v) is 6.80. The van der Waals surface area contributed by atoms with Crippen molar-refractivity contribution in [1.29, 1.82) is 0 Å². The van der Waals surface area contributed by atoms with Gasteiger partial charge in [-0.1, -0.05) is 58.9 Å². The summed E-state index contributed by atoms with van der Waals surface area (Å²) < 4.78 is 0. The van der Waals surface area contributed by atoms with Crippen molar-refractivity contribution in [2.75, 3.05) is 0 Å². The summed E-state index contributed by atoms with van der Waals surface area (Å²) in [6.45, 7) is 11.1. The van der Waals surface area contributed by atoms with Crippen molar-refractivity contribution in [2.45, 2.75) is 58.8 Å². The molecule has 1 heteroatoms. The first kappa shape index (κ1) is 14.6. The summed E-state index contributed by atoms with van der Waals surface area (Å²) in [5.74, 6) is 0.611. The van der Waals surface area contributed by atoms with Gasteiger partial charge in [0.1, 0.15) is 0 Å². The molecule has 0 bridgehead atoms. The molecule has 0 saturated carbocycles. The highest BCUT2D eigenvalue weighted by Crippen LogP contribution is 2.28. The van der Waals surface area contributed by atoms with Gasteiger partial charge in [-0.25, -0.2) is 0 Å². The zero-order chi connectivity index (χ0) is 13.1. The fraction of sp³-hybridized carbons (Fsp3) is 0.625. The van der Waals surface area contributed by atoms with Gasteiger partial charge in [-0.15, -0.1) is 11.6 Å². The first-order valence-corrected chi connectivity index (χ1v) is 6.97. The summed E-state index contributed by atoms with van der Waals surface area (Å²) in [6.07, 6.45) is 2.12. The van der Waals surface area contributed by atoms with Crippen molar-refractivity contribution in [3.8, 4) is 0 Å². The largest absolute Gasteiger partial charge is 0.122 e. The Balaban J connectivity index is 2.53. The lowest BCUT2D eigenvalue weighted by atomic mass is 9.88. The molecule has 0 saturated heterocycles. The maximum Gasteiger partial charge on any atom is 0.0387 e. The third-order valence-electron chi connectivity index (χ3n) is 3.27. The van der Waals surface area contributed by atoms with E-state index in [1.54, 1.807) is 0 Å². The Morgan fingerprint density at radius 1 is 1.06 bits per heavy atom. The second kappa shape index (κ2) is 5.91. The SMILES string of the molecule is CC(C)c1ccc(CCC(Cl)C(C)(C)C)cc1. The Kier molecular flexibility index (Phi) is 5.06. The number of hydrogen-bond donors (Lipinski definition) is 0. The van der Waals surface area contributed by atoms with Crippen molar-refractivity contribution in [2.24, 2.45) is 5.41 Å². The summed E-state index contributed by atoms with van der Waals surface area (Å²) >= 11 is 6.39. The molecular weight excluding hydrogens is 228 g/mol. The van der Waals surface area contributed by atoms with Gasteiger partial charge in [0.2, 0.25) is 0 Å². The maximum absolute atomic E-state index is 6.39. The molecule has 0 N–H and O–H groups in total. The molecule has 96 valence electrons. The van der Waals surface area contributed by atoms with E-state index in [9.17, 15) is 0 Å². The van der Waals surface area contributed by atoms with Crippen molar-refractivity contribution >= 4 is 11.6 Å². The molecule has 0 aliphatic heterocycles. The molecule has 1 atom stereocenters. The number of halogens is 1. The average Bonchev–Trinajstić information content (AvgIpc) is 2.25. The van der Waals surface area contributed by atoms with Gasteiger partial charge < -0.3 is 0 Å². The van der Waals surface area contributed by atoms with Crippen LogP contribution in [0.3, 0.4) is 0 Å². The molecular formula is C16H25Cl. The van der Waals surface area contributed by atoms with E-state index in [4.69, 9.17) is 11.6 Å². The van der Waals surface area contributed by atoms with E-state index < -0.39 is 0 Å². The smallest absolute Gasteiger partial charge is 0.0387 e. The van der Waals surface area contributed by atoms with Gasteiger partial charge in [0.15, 0.2) is 0 Å². The summed E-state index contributed by atoms with van der Waals surface area (Å²) in [5.41, 5.74) is 3.00. The summed E-state index contributed by atoms with van der Waals surface area (Å²) in [6, 6.07) is 8.95. The van der Waals surface area contributed by atoms with Crippen LogP contribution in [0.1, 0.15) is 58.1 Å². The minimum atomic E-state index is 0.194. The Hall–Kier alpha value is -0.490. The number of alkyl halides is 1. The lowest BCUT2D eigenvalue weighted by Gasteiger charge is -2.25. The fourth-order valence-electron chi connectivity index (χ4n) is 1.80. The van der Waals surface area contributed by atoms with Crippen LogP contribution in [0.2, 0.25) is 0 Å². The molecule has 0 aliphatic rings. The quantitative estimate of drug-likeness (QED) is 0.630. The highest BCUT2D eigenvalue weighted by molar-refractivity contribution is 6.21. The van der Waals surface area contributed by atoms with Gasteiger partial charge in [-0.05, 0) is 35.3 Å². The minimum Gasteiger partial charge on any atom is -0.122 e. The van der Waals surface area contributed by atoms with E-state index >= 15 is 0 Å². The zero-order valence-corrected chi connectivity index (χ0v) is 12.5. The fourth-order valence-corrected chi connectivity index (χ4v) is 1.90. The van der Waals surface area contributed by atoms with Crippen molar-refractivity contribution in [1.82, 2.24) is 0 Å². The zero-order valence-electron chi connectivity index (χ0n) is 11.8. The molecule has 0 heterocycles. The van der Waals surface area contributed by atoms with Crippen LogP contribution in [0.15, 0.2) is 24.3 Å². The van der Waals surface area contributed by atoms with Crippen LogP contribution in [-0.2, 0) is 6.42 Å². The lowest BCUT2D eigenvalue weighted by molar-refractivity contribution is 0.374. The maximum atomic E-state index is 6.39. The van der Waals surface area contributed by atoms with E-state index in [0.717, 1.165) is 12.8 Å².